The van der Waals surface area contributed by atoms with Gasteiger partial charge in [-0.2, -0.15) is 0 Å². The van der Waals surface area contributed by atoms with Gasteiger partial charge in [0.2, 0.25) is 0 Å². The van der Waals surface area contributed by atoms with Crippen molar-refractivity contribution in [3.63, 3.8) is 0 Å². The van der Waals surface area contributed by atoms with Gasteiger partial charge in [-0.25, -0.2) is 9.59 Å². The first kappa shape index (κ1) is 18.2. The molecule has 1 atom stereocenters. The van der Waals surface area contributed by atoms with Crippen LogP contribution >= 0.6 is 0 Å². The van der Waals surface area contributed by atoms with Crippen LogP contribution in [0.15, 0.2) is 0 Å². The van der Waals surface area contributed by atoms with Gasteiger partial charge in [0, 0.05) is 13.6 Å². The van der Waals surface area contributed by atoms with Gasteiger partial charge in [-0.1, -0.05) is 13.8 Å². The standard InChI is InChI=1S/C13H24N2O5/c1-5-20-11(16)6-7-15(4)13(19)14-10(12(17)18)8-9(2)3/h9-10H,5-8H2,1-4H3,(H,14,19)(H,17,18). The Balaban J connectivity index is 4.28. The number of carboxylic acid groups (broad SMARTS) is 1. The average Bonchev–Trinajstić information content (AvgIpc) is 2.34. The Morgan fingerprint density at radius 3 is 2.35 bits per heavy atom. The number of urea groups is 1. The molecule has 0 bridgehead atoms. The van der Waals surface area contributed by atoms with Crippen molar-refractivity contribution in [1.29, 1.82) is 0 Å². The molecule has 0 saturated heterocycles. The van der Waals surface area contributed by atoms with E-state index in [1.807, 2.05) is 13.8 Å². The number of aliphatic carboxylic acids is 1. The third-order valence-electron chi connectivity index (χ3n) is 2.61. The zero-order valence-corrected chi connectivity index (χ0v) is 12.5. The van der Waals surface area contributed by atoms with Gasteiger partial charge in [-0.05, 0) is 19.3 Å². The third kappa shape index (κ3) is 7.60. The first-order chi connectivity index (χ1) is 9.27. The minimum Gasteiger partial charge on any atom is -0.480 e. The van der Waals surface area contributed by atoms with Gasteiger partial charge in [0.25, 0.3) is 0 Å². The summed E-state index contributed by atoms with van der Waals surface area (Å²) in [4.78, 5) is 35.3. The van der Waals surface area contributed by atoms with Crippen molar-refractivity contribution >= 4 is 18.0 Å². The fourth-order valence-electron chi connectivity index (χ4n) is 1.55. The zero-order chi connectivity index (χ0) is 15.7. The molecule has 20 heavy (non-hydrogen) atoms. The SMILES string of the molecule is CCOC(=O)CCN(C)C(=O)NC(CC(C)C)C(=O)O. The van der Waals surface area contributed by atoms with Gasteiger partial charge in [0.1, 0.15) is 6.04 Å². The number of nitrogens with zero attached hydrogens (tertiary/aromatic N) is 1. The van der Waals surface area contributed by atoms with E-state index < -0.39 is 18.0 Å². The minimum absolute atomic E-state index is 0.0830. The zero-order valence-electron chi connectivity index (χ0n) is 12.5. The van der Waals surface area contributed by atoms with Crippen LogP contribution in [-0.2, 0) is 14.3 Å². The summed E-state index contributed by atoms with van der Waals surface area (Å²) in [6.07, 6.45) is 0.437. The quantitative estimate of drug-likeness (QED) is 0.652. The highest BCUT2D eigenvalue weighted by molar-refractivity contribution is 5.82. The summed E-state index contributed by atoms with van der Waals surface area (Å²) in [7, 11) is 1.50. The molecule has 2 amide bonds. The Morgan fingerprint density at radius 2 is 1.90 bits per heavy atom. The smallest absolute Gasteiger partial charge is 0.326 e. The van der Waals surface area contributed by atoms with Gasteiger partial charge in [0.15, 0.2) is 0 Å². The summed E-state index contributed by atoms with van der Waals surface area (Å²) >= 11 is 0. The lowest BCUT2D eigenvalue weighted by Gasteiger charge is -2.22. The monoisotopic (exact) mass is 288 g/mol. The Hall–Kier alpha value is -1.79. The molecule has 116 valence electrons. The molecular formula is C13H24N2O5. The number of amides is 2. The van der Waals surface area contributed by atoms with Gasteiger partial charge in [-0.15, -0.1) is 0 Å². The lowest BCUT2D eigenvalue weighted by atomic mass is 10.0. The summed E-state index contributed by atoms with van der Waals surface area (Å²) in [6, 6.07) is -1.44. The van der Waals surface area contributed by atoms with E-state index in [1.165, 1.54) is 11.9 Å². The molecular weight excluding hydrogens is 264 g/mol. The second kappa shape index (κ2) is 9.17. The highest BCUT2D eigenvalue weighted by Gasteiger charge is 2.22. The Bertz CT molecular complexity index is 344. The number of carbonyl (C=O) groups is 3. The maximum atomic E-state index is 11.8. The topological polar surface area (TPSA) is 95.9 Å². The molecule has 1 unspecified atom stereocenters. The predicted molar refractivity (Wildman–Crippen MR) is 73.3 cm³/mol. The van der Waals surface area contributed by atoms with E-state index in [0.29, 0.717) is 13.0 Å². The number of carbonyl (C=O) groups excluding carboxylic acids is 2. The summed E-state index contributed by atoms with van der Waals surface area (Å²) in [5, 5.41) is 11.5. The van der Waals surface area contributed by atoms with Crippen LogP contribution in [0, 0.1) is 5.92 Å². The lowest BCUT2D eigenvalue weighted by molar-refractivity contribution is -0.143. The normalized spacial score (nSPS) is 11.8. The summed E-state index contributed by atoms with van der Waals surface area (Å²) in [5.41, 5.74) is 0. The van der Waals surface area contributed by atoms with Crippen LogP contribution in [0.2, 0.25) is 0 Å². The molecule has 0 rings (SSSR count). The Morgan fingerprint density at radius 1 is 1.30 bits per heavy atom. The molecule has 0 aliphatic heterocycles. The fourth-order valence-corrected chi connectivity index (χ4v) is 1.55. The maximum absolute atomic E-state index is 11.8. The number of hydrogen-bond donors (Lipinski definition) is 2. The van der Waals surface area contributed by atoms with Crippen molar-refractivity contribution in [1.82, 2.24) is 10.2 Å². The molecule has 0 aromatic carbocycles. The van der Waals surface area contributed by atoms with E-state index in [1.54, 1.807) is 6.92 Å². The molecule has 2 N–H and O–H groups in total. The maximum Gasteiger partial charge on any atom is 0.326 e. The van der Waals surface area contributed by atoms with Gasteiger partial charge >= 0.3 is 18.0 Å². The van der Waals surface area contributed by atoms with Crippen molar-refractivity contribution in [2.75, 3.05) is 20.2 Å². The Labute approximate surface area is 119 Å². The van der Waals surface area contributed by atoms with E-state index >= 15 is 0 Å². The third-order valence-corrected chi connectivity index (χ3v) is 2.61. The molecule has 0 fully saturated rings. The van der Waals surface area contributed by atoms with Crippen molar-refractivity contribution in [3.05, 3.63) is 0 Å². The van der Waals surface area contributed by atoms with Crippen LogP contribution in [0.25, 0.3) is 0 Å². The molecule has 0 saturated carbocycles. The summed E-state index contributed by atoms with van der Waals surface area (Å²) < 4.78 is 4.75. The molecule has 7 nitrogen and oxygen atoms in total. The van der Waals surface area contributed by atoms with E-state index in [9.17, 15) is 14.4 Å². The van der Waals surface area contributed by atoms with Crippen LogP contribution in [0.4, 0.5) is 4.79 Å². The van der Waals surface area contributed by atoms with Crippen molar-refractivity contribution in [3.8, 4) is 0 Å². The Kier molecular flexibility index (Phi) is 8.35. The average molecular weight is 288 g/mol. The highest BCUT2D eigenvalue weighted by atomic mass is 16.5. The van der Waals surface area contributed by atoms with Gasteiger partial charge in [-0.3, -0.25) is 4.79 Å². The van der Waals surface area contributed by atoms with Crippen molar-refractivity contribution < 1.29 is 24.2 Å². The van der Waals surface area contributed by atoms with Crippen molar-refractivity contribution in [2.24, 2.45) is 5.92 Å². The largest absolute Gasteiger partial charge is 0.480 e. The number of nitrogens with one attached hydrogen (secondary N) is 1. The summed E-state index contributed by atoms with van der Waals surface area (Å²) in [6.45, 7) is 5.94. The molecule has 0 aromatic rings. The van der Waals surface area contributed by atoms with E-state index in [2.05, 4.69) is 5.32 Å². The first-order valence-electron chi connectivity index (χ1n) is 6.68. The van der Waals surface area contributed by atoms with Crippen LogP contribution in [-0.4, -0.2) is 54.2 Å². The minimum atomic E-state index is -1.06. The molecule has 0 heterocycles. The predicted octanol–water partition coefficient (Wildman–Crippen LogP) is 1.08. The molecule has 0 aromatic heterocycles. The van der Waals surface area contributed by atoms with Crippen LogP contribution in [0.3, 0.4) is 0 Å². The highest BCUT2D eigenvalue weighted by Crippen LogP contribution is 2.05. The van der Waals surface area contributed by atoms with E-state index in [4.69, 9.17) is 9.84 Å². The molecule has 7 heteroatoms. The number of esters is 1. The molecule has 0 aliphatic carbocycles. The first-order valence-corrected chi connectivity index (χ1v) is 6.68. The van der Waals surface area contributed by atoms with Gasteiger partial charge < -0.3 is 20.1 Å². The number of rotatable bonds is 8. The number of ether oxygens (including phenoxy) is 1. The van der Waals surface area contributed by atoms with Gasteiger partial charge in [0.05, 0.1) is 13.0 Å². The molecule has 0 spiro atoms. The fraction of sp³-hybridized carbons (Fsp3) is 0.769. The lowest BCUT2D eigenvalue weighted by Crippen LogP contribution is -2.47. The number of hydrogen-bond acceptors (Lipinski definition) is 4. The number of carboxylic acids is 1. The van der Waals surface area contributed by atoms with Crippen LogP contribution in [0.5, 0.6) is 0 Å². The van der Waals surface area contributed by atoms with E-state index in [0.717, 1.165) is 0 Å². The van der Waals surface area contributed by atoms with Crippen LogP contribution in [0.1, 0.15) is 33.6 Å². The summed E-state index contributed by atoms with van der Waals surface area (Å²) in [5.74, 6) is -1.30. The van der Waals surface area contributed by atoms with E-state index in [-0.39, 0.29) is 24.9 Å². The second-order valence-corrected chi connectivity index (χ2v) is 4.95. The van der Waals surface area contributed by atoms with Crippen LogP contribution < -0.4 is 5.32 Å². The second-order valence-electron chi connectivity index (χ2n) is 4.95. The molecule has 0 aliphatic rings. The van der Waals surface area contributed by atoms with Crippen molar-refractivity contribution in [2.45, 2.75) is 39.7 Å². The molecule has 0 radical (unpaired) electrons.